The molecule has 14 heavy (non-hydrogen) atoms. The van der Waals surface area contributed by atoms with Gasteiger partial charge in [0, 0.05) is 21.7 Å². The first-order valence-corrected chi connectivity index (χ1v) is 5.53. The van der Waals surface area contributed by atoms with E-state index in [-0.39, 0.29) is 10.6 Å². The summed E-state index contributed by atoms with van der Waals surface area (Å²) in [6.45, 7) is 1.76. The van der Waals surface area contributed by atoms with Gasteiger partial charge in [-0.2, -0.15) is 0 Å². The lowest BCUT2D eigenvalue weighted by Gasteiger charge is -1.96. The second-order valence-electron chi connectivity index (χ2n) is 2.98. The van der Waals surface area contributed by atoms with E-state index in [0.29, 0.717) is 5.56 Å². The summed E-state index contributed by atoms with van der Waals surface area (Å²) in [5.41, 5.74) is 0.889. The number of nitrogens with zero attached hydrogens (tertiary/aromatic N) is 1. The Morgan fingerprint density at radius 3 is 2.79 bits per heavy atom. The highest BCUT2D eigenvalue weighted by Gasteiger charge is 2.12. The molecule has 3 nitrogen and oxygen atoms in total. The van der Waals surface area contributed by atoms with Gasteiger partial charge in [0.2, 0.25) is 0 Å². The van der Waals surface area contributed by atoms with Crippen molar-refractivity contribution in [3.63, 3.8) is 0 Å². The van der Waals surface area contributed by atoms with Crippen LogP contribution in [0.15, 0.2) is 22.0 Å². The van der Waals surface area contributed by atoms with E-state index in [0.717, 1.165) is 13.9 Å². The van der Waals surface area contributed by atoms with E-state index in [2.05, 4.69) is 15.9 Å². The Morgan fingerprint density at radius 1 is 1.43 bits per heavy atom. The van der Waals surface area contributed by atoms with Gasteiger partial charge in [-0.15, -0.1) is 11.3 Å². The molecule has 0 N–H and O–H groups in total. The Bertz CT molecular complexity index is 521. The summed E-state index contributed by atoms with van der Waals surface area (Å²) >= 11 is 4.94. The smallest absolute Gasteiger partial charge is 0.258 e. The van der Waals surface area contributed by atoms with Crippen LogP contribution in [0.1, 0.15) is 5.56 Å². The Kier molecular flexibility index (Phi) is 2.28. The summed E-state index contributed by atoms with van der Waals surface area (Å²) in [7, 11) is 0. The van der Waals surface area contributed by atoms with Crippen molar-refractivity contribution in [3.05, 3.63) is 37.7 Å². The fourth-order valence-corrected chi connectivity index (χ4v) is 2.98. The van der Waals surface area contributed by atoms with Gasteiger partial charge >= 0.3 is 0 Å². The summed E-state index contributed by atoms with van der Waals surface area (Å²) in [5, 5.41) is 11.6. The summed E-state index contributed by atoms with van der Waals surface area (Å²) in [4.78, 5) is 10.3. The third-order valence-corrected chi connectivity index (χ3v) is 3.60. The molecule has 1 aromatic heterocycles. The van der Waals surface area contributed by atoms with E-state index in [4.69, 9.17) is 0 Å². The van der Waals surface area contributed by atoms with Crippen LogP contribution in [0.2, 0.25) is 0 Å². The van der Waals surface area contributed by atoms with E-state index < -0.39 is 0 Å². The van der Waals surface area contributed by atoms with Gasteiger partial charge in [-0.3, -0.25) is 10.1 Å². The molecule has 72 valence electrons. The number of aryl methyl sites for hydroxylation is 1. The molecule has 0 fully saturated rings. The second-order valence-corrected chi connectivity index (χ2v) is 5.45. The third kappa shape index (κ3) is 1.53. The van der Waals surface area contributed by atoms with E-state index in [1.54, 1.807) is 24.3 Å². The predicted molar refractivity (Wildman–Crippen MR) is 60.9 cm³/mol. The second kappa shape index (κ2) is 3.33. The maximum atomic E-state index is 10.7. The van der Waals surface area contributed by atoms with Crippen LogP contribution in [0.4, 0.5) is 5.69 Å². The minimum Gasteiger partial charge on any atom is -0.258 e. The zero-order valence-corrected chi connectivity index (χ0v) is 9.68. The van der Waals surface area contributed by atoms with Crippen molar-refractivity contribution in [2.45, 2.75) is 6.92 Å². The monoisotopic (exact) mass is 271 g/mol. The number of thiophene rings is 1. The molecule has 0 spiro atoms. The molecule has 0 radical (unpaired) electrons. The topological polar surface area (TPSA) is 43.1 Å². The van der Waals surface area contributed by atoms with Crippen LogP contribution in [0.25, 0.3) is 10.1 Å². The zero-order valence-electron chi connectivity index (χ0n) is 7.28. The molecule has 1 aromatic carbocycles. The lowest BCUT2D eigenvalue weighted by Crippen LogP contribution is -1.90. The fraction of sp³-hybridized carbons (Fsp3) is 0.111. The normalized spacial score (nSPS) is 10.7. The molecule has 1 heterocycles. The molecule has 0 unspecified atom stereocenters. The van der Waals surface area contributed by atoms with E-state index >= 15 is 0 Å². The number of nitro groups is 1. The average Bonchev–Trinajstić information content (AvgIpc) is 2.42. The van der Waals surface area contributed by atoms with Gasteiger partial charge in [0.1, 0.15) is 0 Å². The largest absolute Gasteiger partial charge is 0.272 e. The maximum absolute atomic E-state index is 10.7. The van der Waals surface area contributed by atoms with Crippen LogP contribution < -0.4 is 0 Å². The predicted octanol–water partition coefficient (Wildman–Crippen LogP) is 3.88. The van der Waals surface area contributed by atoms with Crippen molar-refractivity contribution < 1.29 is 4.92 Å². The Morgan fingerprint density at radius 2 is 2.14 bits per heavy atom. The molecule has 2 rings (SSSR count). The van der Waals surface area contributed by atoms with Crippen molar-refractivity contribution in [2.75, 3.05) is 0 Å². The highest BCUT2D eigenvalue weighted by atomic mass is 79.9. The van der Waals surface area contributed by atoms with E-state index in [1.807, 2.05) is 12.1 Å². The molecule has 0 amide bonds. The lowest BCUT2D eigenvalue weighted by molar-refractivity contribution is -0.385. The molecule has 5 heteroatoms. The number of fused-ring (bicyclic) bond motifs is 1. The van der Waals surface area contributed by atoms with Crippen LogP contribution in [-0.4, -0.2) is 4.92 Å². The first kappa shape index (κ1) is 9.61. The van der Waals surface area contributed by atoms with E-state index in [1.165, 1.54) is 0 Å². The molecule has 0 aliphatic heterocycles. The first-order valence-electron chi connectivity index (χ1n) is 3.92. The highest BCUT2D eigenvalue weighted by molar-refractivity contribution is 9.11. The zero-order chi connectivity index (χ0) is 10.3. The van der Waals surface area contributed by atoms with Gasteiger partial charge in [0.15, 0.2) is 0 Å². The van der Waals surface area contributed by atoms with Crippen LogP contribution in [0.3, 0.4) is 0 Å². The number of rotatable bonds is 1. The van der Waals surface area contributed by atoms with Crippen molar-refractivity contribution in [1.29, 1.82) is 0 Å². The lowest BCUT2D eigenvalue weighted by atomic mass is 10.1. The van der Waals surface area contributed by atoms with Crippen LogP contribution in [0.5, 0.6) is 0 Å². The number of nitro benzene ring substituents is 1. The molecule has 0 aliphatic rings. The van der Waals surface area contributed by atoms with Crippen LogP contribution in [-0.2, 0) is 0 Å². The third-order valence-electron chi connectivity index (χ3n) is 2.00. The van der Waals surface area contributed by atoms with Gasteiger partial charge < -0.3 is 0 Å². The van der Waals surface area contributed by atoms with Crippen molar-refractivity contribution in [3.8, 4) is 0 Å². The molecular formula is C9H6BrNO2S. The average molecular weight is 272 g/mol. The van der Waals surface area contributed by atoms with Crippen LogP contribution in [0, 0.1) is 17.0 Å². The fourth-order valence-electron chi connectivity index (χ4n) is 1.34. The summed E-state index contributed by atoms with van der Waals surface area (Å²) < 4.78 is 2.06. The Balaban J connectivity index is 2.76. The number of benzene rings is 1. The van der Waals surface area contributed by atoms with Crippen LogP contribution >= 0.6 is 27.3 Å². The number of hydrogen-bond acceptors (Lipinski definition) is 3. The summed E-state index contributed by atoms with van der Waals surface area (Å²) in [5.74, 6) is 0. The number of halogens is 1. The van der Waals surface area contributed by atoms with Gasteiger partial charge in [-0.25, -0.2) is 0 Å². The van der Waals surface area contributed by atoms with Gasteiger partial charge in [-0.1, -0.05) is 0 Å². The standard InChI is InChI=1S/C9H6BrNO2S/c1-5-2-8-6(4-9(10)14-8)3-7(5)11(12)13/h2-4H,1H3. The maximum Gasteiger partial charge on any atom is 0.272 e. The molecular weight excluding hydrogens is 266 g/mol. The Hall–Kier alpha value is -0.940. The molecule has 0 atom stereocenters. The van der Waals surface area contributed by atoms with Gasteiger partial charge in [0.25, 0.3) is 5.69 Å². The molecule has 2 aromatic rings. The minimum absolute atomic E-state index is 0.183. The van der Waals surface area contributed by atoms with E-state index in [9.17, 15) is 10.1 Å². The molecule has 0 aliphatic carbocycles. The van der Waals surface area contributed by atoms with Crippen molar-refractivity contribution in [2.24, 2.45) is 0 Å². The summed E-state index contributed by atoms with van der Waals surface area (Å²) in [6, 6.07) is 5.36. The molecule has 0 saturated carbocycles. The number of hydrogen-bond donors (Lipinski definition) is 0. The summed E-state index contributed by atoms with van der Waals surface area (Å²) in [6.07, 6.45) is 0. The SMILES string of the molecule is Cc1cc2sc(Br)cc2cc1[N+](=O)[O-]. The Labute approximate surface area is 92.6 Å². The minimum atomic E-state index is -0.347. The van der Waals surface area contributed by atoms with Crippen molar-refractivity contribution >= 4 is 43.0 Å². The quantitative estimate of drug-likeness (QED) is 0.584. The molecule has 0 bridgehead atoms. The van der Waals surface area contributed by atoms with Gasteiger partial charge in [-0.05, 0) is 35.0 Å². The highest BCUT2D eigenvalue weighted by Crippen LogP contribution is 2.33. The van der Waals surface area contributed by atoms with Crippen molar-refractivity contribution in [1.82, 2.24) is 0 Å². The van der Waals surface area contributed by atoms with Gasteiger partial charge in [0.05, 0.1) is 8.71 Å². The first-order chi connectivity index (χ1) is 6.58. The molecule has 0 saturated heterocycles.